The number of benzene rings is 2. The Morgan fingerprint density at radius 2 is 1.92 bits per heavy atom. The van der Waals surface area contributed by atoms with Crippen LogP contribution >= 0.6 is 11.8 Å². The maximum absolute atomic E-state index is 12.6. The van der Waals surface area contributed by atoms with E-state index in [1.54, 1.807) is 11.8 Å². The number of rotatable bonds is 6. The first-order valence-electron chi connectivity index (χ1n) is 8.61. The largest absolute Gasteiger partial charge is 0.367 e. The Labute approximate surface area is 148 Å². The number of anilines is 1. The van der Waals surface area contributed by atoms with E-state index in [-0.39, 0.29) is 5.91 Å². The van der Waals surface area contributed by atoms with Gasteiger partial charge in [0.25, 0.3) is 5.91 Å². The molecule has 1 N–H and O–H groups in total. The summed E-state index contributed by atoms with van der Waals surface area (Å²) >= 11 is 1.71. The molecule has 1 amide bonds. The summed E-state index contributed by atoms with van der Waals surface area (Å²) in [5.41, 5.74) is 2.03. The lowest BCUT2D eigenvalue weighted by atomic mass is 10.1. The lowest BCUT2D eigenvalue weighted by Crippen LogP contribution is -2.40. The topological polar surface area (TPSA) is 32.3 Å². The number of nitrogens with one attached hydrogen (secondary N) is 1. The molecule has 0 radical (unpaired) electrons. The fourth-order valence-corrected chi connectivity index (χ4v) is 4.05. The van der Waals surface area contributed by atoms with Crippen molar-refractivity contribution in [3.8, 4) is 0 Å². The van der Waals surface area contributed by atoms with Crippen molar-refractivity contribution in [2.75, 3.05) is 23.7 Å². The van der Waals surface area contributed by atoms with Crippen LogP contribution in [0.2, 0.25) is 0 Å². The van der Waals surface area contributed by atoms with Gasteiger partial charge in [-0.25, -0.2) is 0 Å². The van der Waals surface area contributed by atoms with Gasteiger partial charge in [-0.1, -0.05) is 37.3 Å². The van der Waals surface area contributed by atoms with Gasteiger partial charge in [0, 0.05) is 29.7 Å². The molecule has 0 saturated carbocycles. The predicted molar refractivity (Wildman–Crippen MR) is 102 cm³/mol. The summed E-state index contributed by atoms with van der Waals surface area (Å²) in [5, 5.41) is 3.15. The van der Waals surface area contributed by atoms with Gasteiger partial charge in [0.05, 0.1) is 5.56 Å². The van der Waals surface area contributed by atoms with Crippen molar-refractivity contribution < 1.29 is 4.79 Å². The van der Waals surface area contributed by atoms with Gasteiger partial charge >= 0.3 is 0 Å². The second-order valence-corrected chi connectivity index (χ2v) is 7.27. The highest BCUT2D eigenvalue weighted by Gasteiger charge is 2.25. The summed E-state index contributed by atoms with van der Waals surface area (Å²) in [4.78, 5) is 16.1. The van der Waals surface area contributed by atoms with Crippen LogP contribution in [0.15, 0.2) is 59.5 Å². The lowest BCUT2D eigenvalue weighted by Gasteiger charge is -2.27. The van der Waals surface area contributed by atoms with Crippen LogP contribution in [0.4, 0.5) is 5.69 Å². The van der Waals surface area contributed by atoms with Crippen molar-refractivity contribution in [3.05, 3.63) is 60.2 Å². The van der Waals surface area contributed by atoms with E-state index in [4.69, 9.17) is 0 Å². The van der Waals surface area contributed by atoms with Gasteiger partial charge in [-0.3, -0.25) is 4.79 Å². The number of hydrogen-bond acceptors (Lipinski definition) is 3. The van der Waals surface area contributed by atoms with Gasteiger partial charge < -0.3 is 10.2 Å². The number of thioether (sulfide) groups is 1. The smallest absolute Gasteiger partial charge is 0.252 e. The molecule has 24 heavy (non-hydrogen) atoms. The third-order valence-electron chi connectivity index (χ3n) is 4.39. The molecule has 0 aromatic heterocycles. The molecule has 1 fully saturated rings. The van der Waals surface area contributed by atoms with E-state index in [0.717, 1.165) is 29.2 Å². The zero-order valence-electron chi connectivity index (χ0n) is 14.1. The molecular formula is C20H24N2OS. The Morgan fingerprint density at radius 3 is 2.71 bits per heavy atom. The molecule has 0 aliphatic carbocycles. The van der Waals surface area contributed by atoms with Crippen LogP contribution in [0.25, 0.3) is 0 Å². The number of amides is 1. The number of carbonyl (C=O) groups is 1. The van der Waals surface area contributed by atoms with E-state index in [9.17, 15) is 4.79 Å². The Bertz CT molecular complexity index is 674. The highest BCUT2D eigenvalue weighted by Crippen LogP contribution is 2.25. The predicted octanol–water partition coefficient (Wildman–Crippen LogP) is 4.20. The highest BCUT2D eigenvalue weighted by atomic mass is 32.2. The van der Waals surface area contributed by atoms with Crippen molar-refractivity contribution in [2.24, 2.45) is 0 Å². The Kier molecular flexibility index (Phi) is 5.81. The fourth-order valence-electron chi connectivity index (χ4n) is 3.25. The van der Waals surface area contributed by atoms with Crippen molar-refractivity contribution >= 4 is 23.4 Å². The van der Waals surface area contributed by atoms with Crippen molar-refractivity contribution in [1.82, 2.24) is 5.32 Å². The minimum atomic E-state index is 0.0338. The van der Waals surface area contributed by atoms with Crippen molar-refractivity contribution in [1.29, 1.82) is 0 Å². The molecule has 1 unspecified atom stereocenters. The van der Waals surface area contributed by atoms with E-state index < -0.39 is 0 Å². The molecule has 1 atom stereocenters. The summed E-state index contributed by atoms with van der Waals surface area (Å²) in [5.74, 6) is 1.00. The van der Waals surface area contributed by atoms with Crippen molar-refractivity contribution in [2.45, 2.75) is 30.7 Å². The molecule has 2 aromatic carbocycles. The standard InChI is InChI=1S/C20H24N2OS/c1-2-24-19-13-7-6-12-18(19)20(23)21-15-17-11-8-14-22(17)16-9-4-3-5-10-16/h3-7,9-10,12-13,17H,2,8,11,14-15H2,1H3,(H,21,23). The van der Waals surface area contributed by atoms with Gasteiger partial charge in [0.15, 0.2) is 0 Å². The summed E-state index contributed by atoms with van der Waals surface area (Å²) in [6.07, 6.45) is 2.30. The first-order valence-corrected chi connectivity index (χ1v) is 9.60. The number of para-hydroxylation sites is 1. The van der Waals surface area contributed by atoms with E-state index in [1.807, 2.05) is 30.3 Å². The number of hydrogen-bond donors (Lipinski definition) is 1. The van der Waals surface area contributed by atoms with Gasteiger partial charge in [-0.15, -0.1) is 11.8 Å². The van der Waals surface area contributed by atoms with Crippen LogP contribution < -0.4 is 10.2 Å². The van der Waals surface area contributed by atoms with Crippen LogP contribution in [0.3, 0.4) is 0 Å². The summed E-state index contributed by atoms with van der Waals surface area (Å²) < 4.78 is 0. The van der Waals surface area contributed by atoms with Crippen LogP contribution in [0.1, 0.15) is 30.1 Å². The SMILES string of the molecule is CCSc1ccccc1C(=O)NCC1CCCN1c1ccccc1. The molecule has 3 nitrogen and oxygen atoms in total. The average molecular weight is 340 g/mol. The van der Waals surface area contributed by atoms with Crippen LogP contribution in [-0.4, -0.2) is 30.8 Å². The zero-order valence-corrected chi connectivity index (χ0v) is 14.9. The Balaban J connectivity index is 1.64. The Morgan fingerprint density at radius 1 is 1.17 bits per heavy atom. The highest BCUT2D eigenvalue weighted by molar-refractivity contribution is 7.99. The second kappa shape index (κ2) is 8.25. The molecule has 2 aromatic rings. The molecule has 3 rings (SSSR count). The zero-order chi connectivity index (χ0) is 16.8. The summed E-state index contributed by atoms with van der Waals surface area (Å²) in [7, 11) is 0. The molecule has 0 spiro atoms. The quantitative estimate of drug-likeness (QED) is 0.800. The maximum atomic E-state index is 12.6. The minimum Gasteiger partial charge on any atom is -0.367 e. The van der Waals surface area contributed by atoms with E-state index in [0.29, 0.717) is 12.6 Å². The van der Waals surface area contributed by atoms with E-state index >= 15 is 0 Å². The van der Waals surface area contributed by atoms with E-state index in [2.05, 4.69) is 41.4 Å². The third-order valence-corrected chi connectivity index (χ3v) is 5.35. The lowest BCUT2D eigenvalue weighted by molar-refractivity contribution is 0.0948. The van der Waals surface area contributed by atoms with Crippen LogP contribution in [0.5, 0.6) is 0 Å². The maximum Gasteiger partial charge on any atom is 0.252 e. The van der Waals surface area contributed by atoms with Gasteiger partial charge in [-0.2, -0.15) is 0 Å². The molecule has 0 bridgehead atoms. The summed E-state index contributed by atoms with van der Waals surface area (Å²) in [6, 6.07) is 18.7. The molecule has 126 valence electrons. The monoisotopic (exact) mass is 340 g/mol. The number of carbonyl (C=O) groups excluding carboxylic acids is 1. The third kappa shape index (κ3) is 3.93. The molecule has 1 aliphatic heterocycles. The van der Waals surface area contributed by atoms with Gasteiger partial charge in [0.2, 0.25) is 0 Å². The molecule has 1 saturated heterocycles. The molecular weight excluding hydrogens is 316 g/mol. The number of nitrogens with zero attached hydrogens (tertiary/aromatic N) is 1. The molecule has 4 heteroatoms. The first-order chi connectivity index (χ1) is 11.8. The van der Waals surface area contributed by atoms with Crippen LogP contribution in [-0.2, 0) is 0 Å². The van der Waals surface area contributed by atoms with E-state index in [1.165, 1.54) is 12.1 Å². The minimum absolute atomic E-state index is 0.0338. The average Bonchev–Trinajstić information content (AvgIpc) is 3.10. The second-order valence-electron chi connectivity index (χ2n) is 5.96. The normalized spacial score (nSPS) is 17.0. The molecule has 1 aliphatic rings. The summed E-state index contributed by atoms with van der Waals surface area (Å²) in [6.45, 7) is 3.86. The van der Waals surface area contributed by atoms with Crippen molar-refractivity contribution in [3.63, 3.8) is 0 Å². The first kappa shape index (κ1) is 16.9. The molecule has 1 heterocycles. The van der Waals surface area contributed by atoms with Gasteiger partial charge in [0.1, 0.15) is 0 Å². The van der Waals surface area contributed by atoms with Gasteiger partial charge in [-0.05, 0) is 42.9 Å². The van der Waals surface area contributed by atoms with Crippen LogP contribution in [0, 0.1) is 0 Å². The Hall–Kier alpha value is -1.94. The fraction of sp³-hybridized carbons (Fsp3) is 0.350.